The molecule has 140 valence electrons. The summed E-state index contributed by atoms with van der Waals surface area (Å²) < 4.78 is 30.8. The fourth-order valence-corrected chi connectivity index (χ4v) is 3.06. The molecule has 0 aliphatic carbocycles. The number of nitrogens with one attached hydrogen (secondary N) is 2. The van der Waals surface area contributed by atoms with E-state index in [0.29, 0.717) is 5.56 Å². The second kappa shape index (κ2) is 7.30. The summed E-state index contributed by atoms with van der Waals surface area (Å²) in [6.45, 7) is 5.16. The van der Waals surface area contributed by atoms with Gasteiger partial charge in [0.25, 0.3) is 15.9 Å². The van der Waals surface area contributed by atoms with Crippen LogP contribution in [0.2, 0.25) is 0 Å². The van der Waals surface area contributed by atoms with E-state index < -0.39 is 33.0 Å². The lowest BCUT2D eigenvalue weighted by Gasteiger charge is -2.16. The molecule has 2 rings (SSSR count). The highest BCUT2D eigenvalue weighted by atomic mass is 32.2. The van der Waals surface area contributed by atoms with Gasteiger partial charge in [-0.05, 0) is 44.5 Å². The molecule has 1 unspecified atom stereocenters. The number of hydrogen-bond donors (Lipinski definition) is 3. The van der Waals surface area contributed by atoms with Gasteiger partial charge < -0.3 is 14.8 Å². The predicted octanol–water partition coefficient (Wildman–Crippen LogP) is 1.67. The van der Waals surface area contributed by atoms with Crippen molar-refractivity contribution in [2.45, 2.75) is 31.9 Å². The fourth-order valence-electron chi connectivity index (χ4n) is 2.35. The summed E-state index contributed by atoms with van der Waals surface area (Å²) in [6, 6.07) is 4.87. The number of carboxylic acids is 1. The molecule has 0 saturated carbocycles. The molecule has 1 heterocycles. The standard InChI is InChI=1S/C17H20N2O6S/c1-9-5-6-12(7-10(9)2)15(17(21)22)19-16(20)13-8-14(25-11(13)3)26(23,24)18-4/h5-8,15,18H,1-4H3,(H,19,20)(H,21,22). The van der Waals surface area contributed by atoms with Crippen LogP contribution in [0.15, 0.2) is 33.8 Å². The second-order valence-electron chi connectivity index (χ2n) is 5.83. The molecule has 8 nitrogen and oxygen atoms in total. The molecule has 0 fully saturated rings. The number of amides is 1. The molecule has 3 N–H and O–H groups in total. The second-order valence-corrected chi connectivity index (χ2v) is 7.65. The molecule has 0 spiro atoms. The van der Waals surface area contributed by atoms with Crippen molar-refractivity contribution in [2.75, 3.05) is 7.05 Å². The number of carbonyl (C=O) groups is 2. The minimum absolute atomic E-state index is 0.0473. The van der Waals surface area contributed by atoms with E-state index in [2.05, 4.69) is 10.0 Å². The lowest BCUT2D eigenvalue weighted by Crippen LogP contribution is -2.34. The van der Waals surface area contributed by atoms with Crippen molar-refractivity contribution in [3.05, 3.63) is 52.3 Å². The smallest absolute Gasteiger partial charge is 0.330 e. The van der Waals surface area contributed by atoms with Crippen molar-refractivity contribution in [3.8, 4) is 0 Å². The molecule has 0 radical (unpaired) electrons. The molecule has 0 saturated heterocycles. The summed E-state index contributed by atoms with van der Waals surface area (Å²) >= 11 is 0. The van der Waals surface area contributed by atoms with Crippen LogP contribution in [0, 0.1) is 20.8 Å². The number of sulfonamides is 1. The Hall–Kier alpha value is -2.65. The third-order valence-electron chi connectivity index (χ3n) is 4.06. The molecule has 1 amide bonds. The highest BCUT2D eigenvalue weighted by Crippen LogP contribution is 2.22. The van der Waals surface area contributed by atoms with E-state index in [4.69, 9.17) is 4.42 Å². The maximum Gasteiger partial charge on any atom is 0.330 e. The number of benzene rings is 1. The zero-order valence-electron chi connectivity index (χ0n) is 14.8. The number of hydrogen-bond acceptors (Lipinski definition) is 5. The van der Waals surface area contributed by atoms with Gasteiger partial charge in [-0.3, -0.25) is 4.79 Å². The number of carbonyl (C=O) groups excluding carboxylic acids is 1. The van der Waals surface area contributed by atoms with E-state index in [1.807, 2.05) is 13.8 Å². The van der Waals surface area contributed by atoms with Gasteiger partial charge >= 0.3 is 5.97 Å². The van der Waals surface area contributed by atoms with Gasteiger partial charge in [0.15, 0.2) is 6.04 Å². The quantitative estimate of drug-likeness (QED) is 0.700. The summed E-state index contributed by atoms with van der Waals surface area (Å²) in [5.74, 6) is -1.90. The van der Waals surface area contributed by atoms with Crippen molar-refractivity contribution in [1.82, 2.24) is 10.0 Å². The molecule has 1 aromatic carbocycles. The van der Waals surface area contributed by atoms with E-state index in [1.165, 1.54) is 14.0 Å². The Labute approximate surface area is 151 Å². The molecule has 1 atom stereocenters. The van der Waals surface area contributed by atoms with Crippen LogP contribution in [0.3, 0.4) is 0 Å². The summed E-state index contributed by atoms with van der Waals surface area (Å²) in [5.41, 5.74) is 2.26. The Morgan fingerprint density at radius 3 is 2.31 bits per heavy atom. The van der Waals surface area contributed by atoms with Gasteiger partial charge in [-0.25, -0.2) is 17.9 Å². The van der Waals surface area contributed by atoms with Gasteiger partial charge in [0.2, 0.25) is 5.09 Å². The molecule has 0 aliphatic heterocycles. The Kier molecular flexibility index (Phi) is 5.53. The van der Waals surface area contributed by atoms with E-state index in [0.717, 1.165) is 17.2 Å². The van der Waals surface area contributed by atoms with Crippen molar-refractivity contribution in [3.63, 3.8) is 0 Å². The first-order chi connectivity index (χ1) is 12.1. The topological polar surface area (TPSA) is 126 Å². The lowest BCUT2D eigenvalue weighted by atomic mass is 10.0. The zero-order valence-corrected chi connectivity index (χ0v) is 15.6. The maximum absolute atomic E-state index is 12.5. The number of furan rings is 1. The third kappa shape index (κ3) is 3.94. The minimum Gasteiger partial charge on any atom is -0.479 e. The van der Waals surface area contributed by atoms with Crippen molar-refractivity contribution in [2.24, 2.45) is 0 Å². The Balaban J connectivity index is 2.34. The van der Waals surface area contributed by atoms with Crippen LogP contribution in [0.5, 0.6) is 0 Å². The minimum atomic E-state index is -3.85. The first kappa shape index (κ1) is 19.7. The Morgan fingerprint density at radius 2 is 1.77 bits per heavy atom. The first-order valence-corrected chi connectivity index (χ1v) is 9.20. The summed E-state index contributed by atoms with van der Waals surface area (Å²) in [6.07, 6.45) is 0. The van der Waals surface area contributed by atoms with Gasteiger partial charge in [-0.1, -0.05) is 18.2 Å². The van der Waals surface area contributed by atoms with Crippen LogP contribution >= 0.6 is 0 Å². The van der Waals surface area contributed by atoms with E-state index >= 15 is 0 Å². The van der Waals surface area contributed by atoms with Crippen LogP contribution in [-0.2, 0) is 14.8 Å². The summed E-state index contributed by atoms with van der Waals surface area (Å²) in [5, 5.41) is 11.5. The van der Waals surface area contributed by atoms with Gasteiger partial charge in [0.05, 0.1) is 5.56 Å². The molecule has 2 aromatic rings. The number of aryl methyl sites for hydroxylation is 3. The summed E-state index contributed by atoms with van der Waals surface area (Å²) in [7, 11) is -2.64. The molecule has 1 aromatic heterocycles. The zero-order chi connectivity index (χ0) is 19.6. The molecular formula is C17H20N2O6S. The average molecular weight is 380 g/mol. The SMILES string of the molecule is CNS(=O)(=O)c1cc(C(=O)NC(C(=O)O)c2ccc(C)c(C)c2)c(C)o1. The van der Waals surface area contributed by atoms with Crippen LogP contribution in [0.1, 0.15) is 38.9 Å². The predicted molar refractivity (Wildman–Crippen MR) is 93.4 cm³/mol. The van der Waals surface area contributed by atoms with Crippen LogP contribution in [-0.4, -0.2) is 32.4 Å². The molecule has 9 heteroatoms. The maximum atomic E-state index is 12.5. The van der Waals surface area contributed by atoms with Gasteiger partial charge in [-0.2, -0.15) is 0 Å². The number of aliphatic carboxylic acids is 1. The van der Waals surface area contributed by atoms with Crippen LogP contribution < -0.4 is 10.0 Å². The van der Waals surface area contributed by atoms with Gasteiger partial charge in [0, 0.05) is 6.07 Å². The van der Waals surface area contributed by atoms with Gasteiger partial charge in [0.1, 0.15) is 5.76 Å². The molecular weight excluding hydrogens is 360 g/mol. The lowest BCUT2D eigenvalue weighted by molar-refractivity contribution is -0.139. The van der Waals surface area contributed by atoms with Crippen molar-refractivity contribution < 1.29 is 27.5 Å². The Bertz CT molecular complexity index is 962. The number of rotatable bonds is 6. The third-order valence-corrected chi connectivity index (χ3v) is 5.33. The van der Waals surface area contributed by atoms with Crippen LogP contribution in [0.25, 0.3) is 0 Å². The summed E-state index contributed by atoms with van der Waals surface area (Å²) in [4.78, 5) is 24.1. The van der Waals surface area contributed by atoms with Crippen LogP contribution in [0.4, 0.5) is 0 Å². The average Bonchev–Trinajstić information content (AvgIpc) is 2.97. The van der Waals surface area contributed by atoms with Gasteiger partial charge in [-0.15, -0.1) is 0 Å². The number of carboxylic acid groups (broad SMARTS) is 1. The van der Waals surface area contributed by atoms with Crippen molar-refractivity contribution >= 4 is 21.9 Å². The van der Waals surface area contributed by atoms with E-state index in [9.17, 15) is 23.1 Å². The van der Waals surface area contributed by atoms with E-state index in [1.54, 1.807) is 18.2 Å². The largest absolute Gasteiger partial charge is 0.479 e. The highest BCUT2D eigenvalue weighted by molar-refractivity contribution is 7.89. The fraction of sp³-hybridized carbons (Fsp3) is 0.294. The molecule has 26 heavy (non-hydrogen) atoms. The highest BCUT2D eigenvalue weighted by Gasteiger charge is 2.27. The normalized spacial score (nSPS) is 12.6. The van der Waals surface area contributed by atoms with Crippen molar-refractivity contribution in [1.29, 1.82) is 0 Å². The first-order valence-electron chi connectivity index (χ1n) is 7.71. The molecule has 0 bridgehead atoms. The monoisotopic (exact) mass is 380 g/mol. The Morgan fingerprint density at radius 1 is 1.12 bits per heavy atom. The van der Waals surface area contributed by atoms with E-state index in [-0.39, 0.29) is 11.3 Å². The molecule has 0 aliphatic rings.